The van der Waals surface area contributed by atoms with E-state index in [1.165, 1.54) is 0 Å². The molecule has 2 rings (SSSR count). The second kappa shape index (κ2) is 3.56. The molecule has 2 aromatic rings. The molecule has 0 atom stereocenters. The van der Waals surface area contributed by atoms with Crippen molar-refractivity contribution in [3.05, 3.63) is 32.2 Å². The van der Waals surface area contributed by atoms with Gasteiger partial charge in [0, 0.05) is 13.7 Å². The smallest absolute Gasteiger partial charge is 0.102 e. The summed E-state index contributed by atoms with van der Waals surface area (Å²) in [4.78, 5) is 0. The lowest BCUT2D eigenvalue weighted by atomic mass is 10.1. The zero-order valence-electron chi connectivity index (χ0n) is 6.91. The topological polar surface area (TPSA) is 47.6 Å². The Balaban J connectivity index is 2.97. The van der Waals surface area contributed by atoms with Crippen molar-refractivity contribution in [1.29, 1.82) is 10.5 Å². The van der Waals surface area contributed by atoms with Gasteiger partial charge in [-0.05, 0) is 40.1 Å². The first-order valence-corrected chi connectivity index (χ1v) is 5.73. The minimum absolute atomic E-state index is 0.465. The molecule has 0 aliphatic heterocycles. The lowest BCUT2D eigenvalue weighted by Crippen LogP contribution is -1.88. The number of nitriles is 2. The van der Waals surface area contributed by atoms with Gasteiger partial charge in [-0.1, -0.05) is 0 Å². The van der Waals surface area contributed by atoms with Crippen LogP contribution in [0.3, 0.4) is 0 Å². The van der Waals surface area contributed by atoms with Gasteiger partial charge in [-0.2, -0.15) is 10.5 Å². The van der Waals surface area contributed by atoms with Crippen LogP contribution in [0.1, 0.15) is 11.1 Å². The molecule has 0 spiro atoms. The fourth-order valence-electron chi connectivity index (χ4n) is 1.27. The highest BCUT2D eigenvalue weighted by Crippen LogP contribution is 2.30. The SMILES string of the molecule is N#Cc1cc2sccc2c(I)c1C#N. The Kier molecular flexibility index (Phi) is 2.40. The van der Waals surface area contributed by atoms with E-state index >= 15 is 0 Å². The van der Waals surface area contributed by atoms with Crippen LogP contribution in [0.4, 0.5) is 0 Å². The minimum atomic E-state index is 0.465. The third kappa shape index (κ3) is 1.28. The molecule has 1 aromatic carbocycles. The van der Waals surface area contributed by atoms with Crippen molar-refractivity contribution < 1.29 is 0 Å². The number of fused-ring (bicyclic) bond motifs is 1. The molecule has 4 heteroatoms. The molecule has 0 aliphatic carbocycles. The van der Waals surface area contributed by atoms with Crippen LogP contribution in [0, 0.1) is 26.2 Å². The Morgan fingerprint density at radius 1 is 1.29 bits per heavy atom. The number of nitrogens with zero attached hydrogens (tertiary/aromatic N) is 2. The van der Waals surface area contributed by atoms with Gasteiger partial charge in [-0.25, -0.2) is 0 Å². The summed E-state index contributed by atoms with van der Waals surface area (Å²) in [6.07, 6.45) is 0. The summed E-state index contributed by atoms with van der Waals surface area (Å²) in [5, 5.41) is 20.8. The lowest BCUT2D eigenvalue weighted by Gasteiger charge is -1.99. The van der Waals surface area contributed by atoms with Crippen LogP contribution in [-0.2, 0) is 0 Å². The number of hydrogen-bond acceptors (Lipinski definition) is 3. The molecule has 0 N–H and O–H groups in total. The van der Waals surface area contributed by atoms with Crippen molar-refractivity contribution >= 4 is 44.0 Å². The van der Waals surface area contributed by atoms with Crippen LogP contribution in [0.25, 0.3) is 10.1 Å². The van der Waals surface area contributed by atoms with Crippen LogP contribution < -0.4 is 0 Å². The molecule has 14 heavy (non-hydrogen) atoms. The number of halogens is 1. The first-order valence-electron chi connectivity index (χ1n) is 3.78. The highest BCUT2D eigenvalue weighted by molar-refractivity contribution is 14.1. The monoisotopic (exact) mass is 310 g/mol. The maximum atomic E-state index is 8.92. The van der Waals surface area contributed by atoms with Crippen LogP contribution in [0.5, 0.6) is 0 Å². The van der Waals surface area contributed by atoms with Gasteiger partial charge in [0.25, 0.3) is 0 Å². The van der Waals surface area contributed by atoms with Crippen molar-refractivity contribution in [1.82, 2.24) is 0 Å². The summed E-state index contributed by atoms with van der Waals surface area (Å²) in [7, 11) is 0. The predicted octanol–water partition coefficient (Wildman–Crippen LogP) is 3.25. The summed E-state index contributed by atoms with van der Waals surface area (Å²) < 4.78 is 1.94. The molecule has 1 heterocycles. The second-order valence-corrected chi connectivity index (χ2v) is 4.70. The lowest BCUT2D eigenvalue weighted by molar-refractivity contribution is 1.44. The van der Waals surface area contributed by atoms with Gasteiger partial charge in [-0.3, -0.25) is 0 Å². The Labute approximate surface area is 98.5 Å². The van der Waals surface area contributed by atoms with Gasteiger partial charge in [0.1, 0.15) is 12.1 Å². The van der Waals surface area contributed by atoms with Crippen LogP contribution in [-0.4, -0.2) is 0 Å². The molecule has 0 radical (unpaired) electrons. The van der Waals surface area contributed by atoms with Crippen LogP contribution >= 0.6 is 33.9 Å². The van der Waals surface area contributed by atoms with Gasteiger partial charge in [-0.15, -0.1) is 11.3 Å². The Morgan fingerprint density at radius 2 is 2.07 bits per heavy atom. The zero-order valence-corrected chi connectivity index (χ0v) is 9.89. The van der Waals surface area contributed by atoms with Gasteiger partial charge in [0.05, 0.1) is 11.1 Å². The summed E-state index contributed by atoms with van der Waals surface area (Å²) in [5.74, 6) is 0. The van der Waals surface area contributed by atoms with Gasteiger partial charge in [0.15, 0.2) is 0 Å². The predicted molar refractivity (Wildman–Crippen MR) is 64.0 cm³/mol. The van der Waals surface area contributed by atoms with E-state index in [-0.39, 0.29) is 0 Å². The Hall–Kier alpha value is -1.11. The van der Waals surface area contributed by atoms with E-state index in [9.17, 15) is 0 Å². The average Bonchev–Trinajstić information content (AvgIpc) is 2.65. The first-order chi connectivity index (χ1) is 6.77. The average molecular weight is 310 g/mol. The van der Waals surface area contributed by atoms with Crippen LogP contribution in [0.2, 0.25) is 0 Å². The molecule has 0 saturated heterocycles. The molecule has 0 amide bonds. The fourth-order valence-corrected chi connectivity index (χ4v) is 3.17. The van der Waals surface area contributed by atoms with E-state index in [1.807, 2.05) is 17.5 Å². The standard InChI is InChI=1S/C10H3IN2S/c11-10-7-1-2-14-9(7)3-6(4-12)8(10)5-13/h1-3H. The maximum absolute atomic E-state index is 8.92. The van der Waals surface area contributed by atoms with E-state index in [0.29, 0.717) is 11.1 Å². The minimum Gasteiger partial charge on any atom is -0.192 e. The number of hydrogen-bond donors (Lipinski definition) is 0. The fraction of sp³-hybridized carbons (Fsp3) is 0. The quantitative estimate of drug-likeness (QED) is 0.701. The number of benzene rings is 1. The normalized spacial score (nSPS) is 9.64. The molecule has 1 aromatic heterocycles. The molecule has 0 unspecified atom stereocenters. The Bertz CT molecular complexity index is 586. The first kappa shape index (κ1) is 9.45. The molecule has 0 bridgehead atoms. The maximum Gasteiger partial charge on any atom is 0.102 e. The number of rotatable bonds is 0. The summed E-state index contributed by atoms with van der Waals surface area (Å²) in [6.45, 7) is 0. The summed E-state index contributed by atoms with van der Waals surface area (Å²) >= 11 is 3.70. The largest absolute Gasteiger partial charge is 0.192 e. The van der Waals surface area contributed by atoms with E-state index in [1.54, 1.807) is 17.4 Å². The molecule has 2 nitrogen and oxygen atoms in total. The molecule has 0 saturated carbocycles. The second-order valence-electron chi connectivity index (χ2n) is 2.67. The highest BCUT2D eigenvalue weighted by atomic mass is 127. The summed E-state index contributed by atoms with van der Waals surface area (Å²) in [5.41, 5.74) is 0.950. The molecular weight excluding hydrogens is 307 g/mol. The molecule has 66 valence electrons. The third-order valence-electron chi connectivity index (χ3n) is 1.93. The van der Waals surface area contributed by atoms with Crippen molar-refractivity contribution in [2.45, 2.75) is 0 Å². The van der Waals surface area contributed by atoms with E-state index < -0.39 is 0 Å². The third-order valence-corrected chi connectivity index (χ3v) is 3.91. The van der Waals surface area contributed by atoms with Crippen molar-refractivity contribution in [3.8, 4) is 12.1 Å². The molecule has 0 aliphatic rings. The Morgan fingerprint density at radius 3 is 2.71 bits per heavy atom. The zero-order chi connectivity index (χ0) is 10.1. The number of thiophene rings is 1. The van der Waals surface area contributed by atoms with E-state index in [2.05, 4.69) is 28.7 Å². The van der Waals surface area contributed by atoms with Gasteiger partial charge < -0.3 is 0 Å². The van der Waals surface area contributed by atoms with E-state index in [4.69, 9.17) is 10.5 Å². The highest BCUT2D eigenvalue weighted by Gasteiger charge is 2.11. The van der Waals surface area contributed by atoms with Crippen molar-refractivity contribution in [3.63, 3.8) is 0 Å². The molecule has 0 fully saturated rings. The van der Waals surface area contributed by atoms with Crippen molar-refractivity contribution in [2.24, 2.45) is 0 Å². The van der Waals surface area contributed by atoms with Gasteiger partial charge in [0.2, 0.25) is 0 Å². The van der Waals surface area contributed by atoms with E-state index in [0.717, 1.165) is 13.7 Å². The van der Waals surface area contributed by atoms with Gasteiger partial charge >= 0.3 is 0 Å². The van der Waals surface area contributed by atoms with Crippen molar-refractivity contribution in [2.75, 3.05) is 0 Å². The summed E-state index contributed by atoms with van der Waals surface area (Å²) in [6, 6.07) is 7.87. The molecular formula is C10H3IN2S. The van der Waals surface area contributed by atoms with Crippen LogP contribution in [0.15, 0.2) is 17.5 Å².